The minimum Gasteiger partial charge on any atom is -0.356 e. The molecule has 0 bridgehead atoms. The summed E-state index contributed by atoms with van der Waals surface area (Å²) in [6.07, 6.45) is 5.28. The summed E-state index contributed by atoms with van der Waals surface area (Å²) in [5.74, 6) is 3.06. The number of thioether (sulfide) groups is 1. The van der Waals surface area contributed by atoms with Gasteiger partial charge in [-0.3, -0.25) is 0 Å². The van der Waals surface area contributed by atoms with E-state index in [1.165, 1.54) is 0 Å². The Bertz CT molecular complexity index is 373. The molecule has 0 saturated carbocycles. The van der Waals surface area contributed by atoms with E-state index in [4.69, 9.17) is 0 Å². The zero-order chi connectivity index (χ0) is 13.5. The Morgan fingerprint density at radius 1 is 1.39 bits per heavy atom. The zero-order valence-electron chi connectivity index (χ0n) is 11.6. The number of hydrogen-bond acceptors (Lipinski definition) is 4. The summed E-state index contributed by atoms with van der Waals surface area (Å²) in [7, 11) is 2.12. The molecule has 1 unspecified atom stereocenters. The Labute approximate surface area is 123 Å². The lowest BCUT2D eigenvalue weighted by molar-refractivity contribution is 0.661. The van der Waals surface area contributed by atoms with Crippen LogP contribution in [0.3, 0.4) is 0 Å². The fraction of sp³-hybridized carbons (Fsp3) is 0.692. The molecule has 1 rings (SSSR count). The monoisotopic (exact) mass is 331 g/mol. The lowest BCUT2D eigenvalue weighted by Gasteiger charge is -2.28. The van der Waals surface area contributed by atoms with E-state index in [1.54, 1.807) is 0 Å². The van der Waals surface area contributed by atoms with Gasteiger partial charge in [0, 0.05) is 31.3 Å². The first-order valence-electron chi connectivity index (χ1n) is 6.37. The molecule has 1 heterocycles. The van der Waals surface area contributed by atoms with Gasteiger partial charge in [0.1, 0.15) is 16.2 Å². The van der Waals surface area contributed by atoms with Gasteiger partial charge in [-0.15, -0.1) is 0 Å². The van der Waals surface area contributed by atoms with E-state index < -0.39 is 0 Å². The fourth-order valence-electron chi connectivity index (χ4n) is 1.85. The second kappa shape index (κ2) is 8.00. The van der Waals surface area contributed by atoms with E-state index in [1.807, 2.05) is 17.8 Å². The Balaban J connectivity index is 2.92. The van der Waals surface area contributed by atoms with Crippen LogP contribution in [-0.2, 0) is 6.42 Å². The molecule has 0 aliphatic carbocycles. The van der Waals surface area contributed by atoms with Crippen LogP contribution in [-0.4, -0.2) is 35.1 Å². The summed E-state index contributed by atoms with van der Waals surface area (Å²) in [6.45, 7) is 4.37. The molecule has 0 saturated heterocycles. The molecule has 0 fully saturated rings. The van der Waals surface area contributed by atoms with E-state index in [2.05, 4.69) is 57.9 Å². The van der Waals surface area contributed by atoms with E-state index in [-0.39, 0.29) is 0 Å². The number of aryl methyl sites for hydroxylation is 1. The van der Waals surface area contributed by atoms with Crippen molar-refractivity contribution in [3.05, 3.63) is 16.5 Å². The van der Waals surface area contributed by atoms with Gasteiger partial charge in [0.15, 0.2) is 0 Å². The third-order valence-corrected chi connectivity index (χ3v) is 4.07. The van der Waals surface area contributed by atoms with Crippen LogP contribution < -0.4 is 4.90 Å². The average molecular weight is 332 g/mol. The minimum atomic E-state index is 0.524. The first kappa shape index (κ1) is 15.8. The highest BCUT2D eigenvalue weighted by molar-refractivity contribution is 9.10. The van der Waals surface area contributed by atoms with E-state index >= 15 is 0 Å². The molecule has 0 aliphatic rings. The Morgan fingerprint density at radius 2 is 2.11 bits per heavy atom. The third kappa shape index (κ3) is 4.43. The molecule has 0 radical (unpaired) electrons. The van der Waals surface area contributed by atoms with Crippen LogP contribution in [0.1, 0.15) is 32.5 Å². The average Bonchev–Trinajstić information content (AvgIpc) is 2.35. The van der Waals surface area contributed by atoms with Crippen molar-refractivity contribution >= 4 is 33.5 Å². The van der Waals surface area contributed by atoms with E-state index in [9.17, 15) is 0 Å². The van der Waals surface area contributed by atoms with Gasteiger partial charge in [0.05, 0.1) is 0 Å². The maximum atomic E-state index is 4.65. The lowest BCUT2D eigenvalue weighted by Crippen LogP contribution is -2.34. The van der Waals surface area contributed by atoms with Crippen molar-refractivity contribution in [1.29, 1.82) is 0 Å². The summed E-state index contributed by atoms with van der Waals surface area (Å²) in [4.78, 5) is 11.3. The number of aromatic nitrogens is 2. The molecular formula is C13H22BrN3S. The Kier molecular flexibility index (Phi) is 7.00. The van der Waals surface area contributed by atoms with E-state index in [0.29, 0.717) is 6.04 Å². The molecule has 1 atom stereocenters. The van der Waals surface area contributed by atoms with E-state index in [0.717, 1.165) is 41.3 Å². The van der Waals surface area contributed by atoms with Crippen LogP contribution in [0.15, 0.2) is 10.7 Å². The van der Waals surface area contributed by atoms with Gasteiger partial charge in [0.2, 0.25) is 0 Å². The fourth-order valence-corrected chi connectivity index (χ4v) is 3.10. The highest BCUT2D eigenvalue weighted by atomic mass is 79.9. The van der Waals surface area contributed by atoms with Gasteiger partial charge in [-0.2, -0.15) is 11.8 Å². The van der Waals surface area contributed by atoms with Crippen molar-refractivity contribution in [2.75, 3.05) is 24.0 Å². The predicted octanol–water partition coefficient (Wildman–Crippen LogP) is 3.77. The van der Waals surface area contributed by atoms with Crippen molar-refractivity contribution in [2.24, 2.45) is 0 Å². The minimum absolute atomic E-state index is 0.524. The number of nitrogens with zero attached hydrogens (tertiary/aromatic N) is 3. The first-order valence-corrected chi connectivity index (χ1v) is 8.56. The van der Waals surface area contributed by atoms with Crippen molar-refractivity contribution in [2.45, 2.75) is 39.2 Å². The largest absolute Gasteiger partial charge is 0.356 e. The second-order valence-electron chi connectivity index (χ2n) is 4.34. The molecule has 0 spiro atoms. The van der Waals surface area contributed by atoms with Crippen LogP contribution >= 0.6 is 27.7 Å². The van der Waals surface area contributed by atoms with Crippen molar-refractivity contribution < 1.29 is 0 Å². The Hall–Kier alpha value is -0.290. The predicted molar refractivity (Wildman–Crippen MR) is 84.6 cm³/mol. The summed E-state index contributed by atoms with van der Waals surface area (Å²) >= 11 is 5.36. The van der Waals surface area contributed by atoms with Crippen molar-refractivity contribution in [1.82, 2.24) is 9.97 Å². The van der Waals surface area contributed by atoms with Crippen molar-refractivity contribution in [3.63, 3.8) is 0 Å². The maximum Gasteiger partial charge on any atom is 0.133 e. The maximum absolute atomic E-state index is 4.65. The number of rotatable bonds is 7. The molecule has 0 N–H and O–H groups in total. The van der Waals surface area contributed by atoms with Crippen LogP contribution in [0.5, 0.6) is 0 Å². The summed E-state index contributed by atoms with van der Waals surface area (Å²) in [5, 5.41) is 0. The first-order chi connectivity index (χ1) is 8.62. The van der Waals surface area contributed by atoms with Gasteiger partial charge >= 0.3 is 0 Å². The summed E-state index contributed by atoms with van der Waals surface area (Å²) in [5.41, 5.74) is 0. The van der Waals surface area contributed by atoms with Gasteiger partial charge in [0.25, 0.3) is 0 Å². The van der Waals surface area contributed by atoms with Crippen LogP contribution in [0.2, 0.25) is 0 Å². The molecule has 102 valence electrons. The van der Waals surface area contributed by atoms with Gasteiger partial charge in [-0.25, -0.2) is 9.97 Å². The molecule has 0 amide bonds. The highest BCUT2D eigenvalue weighted by Crippen LogP contribution is 2.20. The smallest absolute Gasteiger partial charge is 0.133 e. The second-order valence-corrected chi connectivity index (χ2v) is 6.07. The highest BCUT2D eigenvalue weighted by Gasteiger charge is 2.15. The molecule has 5 heteroatoms. The van der Waals surface area contributed by atoms with Gasteiger partial charge in [-0.1, -0.05) is 13.8 Å². The number of hydrogen-bond donors (Lipinski definition) is 0. The zero-order valence-corrected chi connectivity index (χ0v) is 14.0. The molecule has 0 aliphatic heterocycles. The number of halogens is 1. The third-order valence-electron chi connectivity index (χ3n) is 2.94. The van der Waals surface area contributed by atoms with Gasteiger partial charge < -0.3 is 4.90 Å². The summed E-state index contributed by atoms with van der Waals surface area (Å²) < 4.78 is 0.877. The Morgan fingerprint density at radius 3 is 2.67 bits per heavy atom. The van der Waals surface area contributed by atoms with Gasteiger partial charge in [-0.05, 0) is 35.0 Å². The molecule has 3 nitrogen and oxygen atoms in total. The molecule has 1 aromatic rings. The van der Waals surface area contributed by atoms with Crippen molar-refractivity contribution in [3.8, 4) is 0 Å². The topological polar surface area (TPSA) is 29.0 Å². The molecule has 1 aromatic heterocycles. The quantitative estimate of drug-likeness (QED) is 0.711. The molecule has 18 heavy (non-hydrogen) atoms. The van der Waals surface area contributed by atoms with Crippen LogP contribution in [0.25, 0.3) is 0 Å². The lowest BCUT2D eigenvalue weighted by atomic mass is 10.2. The molecule has 0 aromatic carbocycles. The van der Waals surface area contributed by atoms with Crippen LogP contribution in [0.4, 0.5) is 5.82 Å². The summed E-state index contributed by atoms with van der Waals surface area (Å²) in [6, 6.07) is 2.53. The SMILES string of the molecule is CCCc1nc(Br)cc(N(C)C(CC)CSC)n1. The number of anilines is 1. The normalized spacial score (nSPS) is 12.5. The van der Waals surface area contributed by atoms with Crippen LogP contribution in [0, 0.1) is 0 Å². The standard InChI is InChI=1S/C13H22BrN3S/c1-5-7-12-15-11(14)8-13(16-12)17(3)10(6-2)9-18-4/h8,10H,5-7,9H2,1-4H3. The molecular weight excluding hydrogens is 310 g/mol.